The van der Waals surface area contributed by atoms with E-state index in [2.05, 4.69) is 16.9 Å². The summed E-state index contributed by atoms with van der Waals surface area (Å²) in [4.78, 5) is 11.8. The molecule has 0 saturated heterocycles. The molecule has 0 aliphatic heterocycles. The van der Waals surface area contributed by atoms with Crippen LogP contribution in [-0.2, 0) is 4.79 Å². The number of rotatable bonds is 6. The molecule has 1 aromatic rings. The zero-order valence-electron chi connectivity index (χ0n) is 11.0. The molecule has 19 heavy (non-hydrogen) atoms. The molecule has 0 unspecified atom stereocenters. The smallest absolute Gasteiger partial charge is 0.238 e. The van der Waals surface area contributed by atoms with Crippen molar-refractivity contribution in [3.8, 4) is 0 Å². The third kappa shape index (κ3) is 4.13. The van der Waals surface area contributed by atoms with Crippen LogP contribution in [0.5, 0.6) is 0 Å². The zero-order chi connectivity index (χ0) is 13.7. The van der Waals surface area contributed by atoms with Gasteiger partial charge in [0.15, 0.2) is 0 Å². The predicted molar refractivity (Wildman–Crippen MR) is 83.0 cm³/mol. The Bertz CT molecular complexity index is 426. The Morgan fingerprint density at radius 2 is 2.05 bits per heavy atom. The van der Waals surface area contributed by atoms with Crippen LogP contribution in [0.4, 0.5) is 5.69 Å². The monoisotopic (exact) mass is 298 g/mol. The third-order valence-corrected chi connectivity index (χ3v) is 5.23. The highest BCUT2D eigenvalue weighted by Crippen LogP contribution is 2.42. The highest BCUT2D eigenvalue weighted by Gasteiger charge is 2.35. The van der Waals surface area contributed by atoms with E-state index in [0.29, 0.717) is 16.3 Å². The van der Waals surface area contributed by atoms with E-state index in [-0.39, 0.29) is 5.91 Å². The average molecular weight is 299 g/mol. The molecule has 1 aliphatic rings. The molecule has 104 valence electrons. The lowest BCUT2D eigenvalue weighted by Crippen LogP contribution is -2.45. The molecule has 0 heterocycles. The topological polar surface area (TPSA) is 41.1 Å². The van der Waals surface area contributed by atoms with Gasteiger partial charge in [-0.05, 0) is 43.4 Å². The molecule has 0 bridgehead atoms. The molecule has 5 heteroatoms. The number of halogens is 1. The molecule has 1 fully saturated rings. The molecule has 0 aromatic heterocycles. The van der Waals surface area contributed by atoms with Crippen molar-refractivity contribution in [2.24, 2.45) is 0 Å². The summed E-state index contributed by atoms with van der Waals surface area (Å²) in [5.41, 5.74) is 0.777. The number of carbonyl (C=O) groups is 1. The molecule has 1 aromatic carbocycles. The second kappa shape index (κ2) is 6.64. The van der Waals surface area contributed by atoms with Crippen molar-refractivity contribution in [1.29, 1.82) is 0 Å². The van der Waals surface area contributed by atoms with Gasteiger partial charge in [-0.3, -0.25) is 4.79 Å². The Balaban J connectivity index is 1.71. The Kier molecular flexibility index (Phi) is 5.13. The van der Waals surface area contributed by atoms with Gasteiger partial charge in [0.25, 0.3) is 0 Å². The first kappa shape index (κ1) is 14.7. The Hall–Kier alpha value is -0.710. The summed E-state index contributed by atoms with van der Waals surface area (Å²) in [6, 6.07) is 7.13. The molecule has 0 spiro atoms. The Labute approximate surface area is 123 Å². The van der Waals surface area contributed by atoms with Crippen LogP contribution in [0.1, 0.15) is 19.3 Å². The van der Waals surface area contributed by atoms with Crippen molar-refractivity contribution in [3.63, 3.8) is 0 Å². The van der Waals surface area contributed by atoms with Gasteiger partial charge in [-0.1, -0.05) is 18.0 Å². The molecule has 1 amide bonds. The quantitative estimate of drug-likeness (QED) is 0.848. The van der Waals surface area contributed by atoms with Crippen molar-refractivity contribution in [2.75, 3.05) is 24.7 Å². The standard InChI is InChI=1S/C14H19ClN2OS/c1-19-14(7-2-8-14)10-16-9-13(18)17-12-5-3-11(15)4-6-12/h3-6,16H,2,7-10H2,1H3,(H,17,18). The molecule has 1 aliphatic carbocycles. The van der Waals surface area contributed by atoms with E-state index >= 15 is 0 Å². The van der Waals surface area contributed by atoms with Crippen molar-refractivity contribution in [1.82, 2.24) is 5.32 Å². The van der Waals surface area contributed by atoms with E-state index in [1.807, 2.05) is 11.8 Å². The van der Waals surface area contributed by atoms with E-state index in [1.54, 1.807) is 24.3 Å². The SMILES string of the molecule is CSC1(CNCC(=O)Nc2ccc(Cl)cc2)CCC1. The van der Waals surface area contributed by atoms with Crippen molar-refractivity contribution >= 4 is 35.0 Å². The predicted octanol–water partition coefficient (Wildman–Crippen LogP) is 3.15. The number of carbonyl (C=O) groups excluding carboxylic acids is 1. The first-order valence-corrected chi connectivity index (χ1v) is 8.05. The maximum absolute atomic E-state index is 11.8. The number of hydrogen-bond acceptors (Lipinski definition) is 3. The number of nitrogens with one attached hydrogen (secondary N) is 2. The summed E-state index contributed by atoms with van der Waals surface area (Å²) in [6.07, 6.45) is 5.95. The fourth-order valence-corrected chi connectivity index (χ4v) is 3.24. The fraction of sp³-hybridized carbons (Fsp3) is 0.500. The molecule has 0 atom stereocenters. The molecule has 0 radical (unpaired) electrons. The minimum absolute atomic E-state index is 0.0158. The largest absolute Gasteiger partial charge is 0.325 e. The summed E-state index contributed by atoms with van der Waals surface area (Å²) >= 11 is 7.70. The summed E-state index contributed by atoms with van der Waals surface area (Å²) < 4.78 is 0.362. The van der Waals surface area contributed by atoms with Crippen LogP contribution in [0.25, 0.3) is 0 Å². The second-order valence-corrected chi connectivity index (χ2v) is 6.61. The van der Waals surface area contributed by atoms with Gasteiger partial charge in [0, 0.05) is 22.0 Å². The maximum Gasteiger partial charge on any atom is 0.238 e. The Morgan fingerprint density at radius 1 is 1.37 bits per heavy atom. The molecule has 2 rings (SSSR count). The normalized spacial score (nSPS) is 16.7. The molecule has 1 saturated carbocycles. The summed E-state index contributed by atoms with van der Waals surface area (Å²) in [5.74, 6) is -0.0158. The van der Waals surface area contributed by atoms with Gasteiger partial charge in [0.1, 0.15) is 0 Å². The first-order chi connectivity index (χ1) is 9.13. The van der Waals surface area contributed by atoms with Gasteiger partial charge >= 0.3 is 0 Å². The average Bonchev–Trinajstić information content (AvgIpc) is 2.35. The highest BCUT2D eigenvalue weighted by atomic mass is 35.5. The Morgan fingerprint density at radius 3 is 2.58 bits per heavy atom. The van der Waals surface area contributed by atoms with Crippen molar-refractivity contribution in [3.05, 3.63) is 29.3 Å². The minimum Gasteiger partial charge on any atom is -0.325 e. The lowest BCUT2D eigenvalue weighted by Gasteiger charge is -2.40. The minimum atomic E-state index is -0.0158. The highest BCUT2D eigenvalue weighted by molar-refractivity contribution is 8.00. The van der Waals surface area contributed by atoms with Crippen LogP contribution in [0.2, 0.25) is 5.02 Å². The molecular formula is C14H19ClN2OS. The second-order valence-electron chi connectivity index (χ2n) is 4.90. The van der Waals surface area contributed by atoms with E-state index in [4.69, 9.17) is 11.6 Å². The lowest BCUT2D eigenvalue weighted by molar-refractivity contribution is -0.115. The molecular weight excluding hydrogens is 280 g/mol. The fourth-order valence-electron chi connectivity index (χ4n) is 2.17. The number of benzene rings is 1. The van der Waals surface area contributed by atoms with Crippen LogP contribution < -0.4 is 10.6 Å². The number of hydrogen-bond donors (Lipinski definition) is 2. The van der Waals surface area contributed by atoms with Gasteiger partial charge in [-0.15, -0.1) is 0 Å². The van der Waals surface area contributed by atoms with Crippen LogP contribution in [0.3, 0.4) is 0 Å². The van der Waals surface area contributed by atoms with Gasteiger partial charge in [-0.2, -0.15) is 11.8 Å². The first-order valence-electron chi connectivity index (χ1n) is 6.45. The zero-order valence-corrected chi connectivity index (χ0v) is 12.6. The van der Waals surface area contributed by atoms with E-state index in [1.165, 1.54) is 19.3 Å². The van der Waals surface area contributed by atoms with E-state index in [0.717, 1.165) is 12.2 Å². The van der Waals surface area contributed by atoms with Gasteiger partial charge in [0.2, 0.25) is 5.91 Å². The van der Waals surface area contributed by atoms with Crippen LogP contribution in [0.15, 0.2) is 24.3 Å². The van der Waals surface area contributed by atoms with Gasteiger partial charge in [0.05, 0.1) is 6.54 Å². The maximum atomic E-state index is 11.8. The third-order valence-electron chi connectivity index (χ3n) is 3.56. The van der Waals surface area contributed by atoms with Gasteiger partial charge in [-0.25, -0.2) is 0 Å². The van der Waals surface area contributed by atoms with Crippen LogP contribution >= 0.6 is 23.4 Å². The van der Waals surface area contributed by atoms with Crippen LogP contribution in [0, 0.1) is 0 Å². The van der Waals surface area contributed by atoms with Crippen molar-refractivity contribution in [2.45, 2.75) is 24.0 Å². The number of amides is 1. The van der Waals surface area contributed by atoms with Crippen LogP contribution in [-0.4, -0.2) is 30.0 Å². The summed E-state index contributed by atoms with van der Waals surface area (Å²) in [7, 11) is 0. The van der Waals surface area contributed by atoms with E-state index < -0.39 is 0 Å². The lowest BCUT2D eigenvalue weighted by atomic mass is 9.84. The van der Waals surface area contributed by atoms with Crippen molar-refractivity contribution < 1.29 is 4.79 Å². The number of thioether (sulfide) groups is 1. The molecule has 3 nitrogen and oxygen atoms in total. The summed E-state index contributed by atoms with van der Waals surface area (Å²) in [6.45, 7) is 1.26. The van der Waals surface area contributed by atoms with Gasteiger partial charge < -0.3 is 10.6 Å². The molecule has 2 N–H and O–H groups in total. The summed E-state index contributed by atoms with van der Waals surface area (Å²) in [5, 5.41) is 6.76. The van der Waals surface area contributed by atoms with E-state index in [9.17, 15) is 4.79 Å². The number of anilines is 1.